The van der Waals surface area contributed by atoms with Crippen LogP contribution in [-0.4, -0.2) is 50.1 Å². The molecule has 2 fully saturated rings. The number of rotatable bonds is 5. The van der Waals surface area contributed by atoms with Gasteiger partial charge in [0.15, 0.2) is 0 Å². The Morgan fingerprint density at radius 3 is 2.32 bits per heavy atom. The molecule has 4 nitrogen and oxygen atoms in total. The van der Waals surface area contributed by atoms with E-state index in [2.05, 4.69) is 43.2 Å². The van der Waals surface area contributed by atoms with Gasteiger partial charge in [0, 0.05) is 38.6 Å². The highest BCUT2D eigenvalue weighted by Crippen LogP contribution is 2.68. The summed E-state index contributed by atoms with van der Waals surface area (Å²) in [6, 6.07) is 0. The Morgan fingerprint density at radius 2 is 1.79 bits per heavy atom. The Hall–Kier alpha value is -0.610. The number of hydrogen-bond acceptors (Lipinski definition) is 3. The predicted octanol–water partition coefficient (Wildman–Crippen LogP) is 1.08. The van der Waals surface area contributed by atoms with E-state index < -0.39 is 0 Å². The summed E-state index contributed by atoms with van der Waals surface area (Å²) in [6.45, 7) is 15.1. The summed E-state index contributed by atoms with van der Waals surface area (Å²) >= 11 is 0. The van der Waals surface area contributed by atoms with Crippen molar-refractivity contribution in [2.45, 2.75) is 34.1 Å². The van der Waals surface area contributed by atoms with Crippen molar-refractivity contribution in [1.29, 1.82) is 0 Å². The fourth-order valence-corrected chi connectivity index (χ4v) is 3.40. The highest BCUT2D eigenvalue weighted by Gasteiger charge is 2.68. The van der Waals surface area contributed by atoms with Crippen molar-refractivity contribution in [3.8, 4) is 0 Å². The standard InChI is InChI=1S/C15H29N3O/c1-14(2)12(15(14,3)4)13(19)17-6-5-9-18-10-7-16-8-11-18/h12,16H,5-11H2,1-4H3,(H,17,19). The van der Waals surface area contributed by atoms with Crippen molar-refractivity contribution in [1.82, 2.24) is 15.5 Å². The van der Waals surface area contributed by atoms with Gasteiger partial charge in [-0.1, -0.05) is 27.7 Å². The van der Waals surface area contributed by atoms with E-state index in [0.29, 0.717) is 0 Å². The molecule has 1 heterocycles. The number of amides is 1. The molecule has 0 aromatic heterocycles. The molecule has 0 aromatic rings. The normalized spacial score (nSPS) is 26.1. The van der Waals surface area contributed by atoms with Gasteiger partial charge in [-0.25, -0.2) is 0 Å². The molecule has 1 aliphatic carbocycles. The summed E-state index contributed by atoms with van der Waals surface area (Å²) in [5.41, 5.74) is 0.297. The minimum Gasteiger partial charge on any atom is -0.356 e. The molecular formula is C15H29N3O. The van der Waals surface area contributed by atoms with Crippen LogP contribution in [0.2, 0.25) is 0 Å². The van der Waals surface area contributed by atoms with Gasteiger partial charge in [-0.3, -0.25) is 4.79 Å². The number of piperazine rings is 1. The van der Waals surface area contributed by atoms with Crippen LogP contribution in [0, 0.1) is 16.7 Å². The van der Waals surface area contributed by atoms with Gasteiger partial charge in [0.1, 0.15) is 0 Å². The van der Waals surface area contributed by atoms with Gasteiger partial charge < -0.3 is 15.5 Å². The second-order valence-corrected chi connectivity index (χ2v) is 7.11. The van der Waals surface area contributed by atoms with E-state index in [9.17, 15) is 4.79 Å². The minimum absolute atomic E-state index is 0.148. The van der Waals surface area contributed by atoms with Crippen molar-refractivity contribution in [3.63, 3.8) is 0 Å². The quantitative estimate of drug-likeness (QED) is 0.733. The average Bonchev–Trinajstić information content (AvgIpc) is 2.76. The van der Waals surface area contributed by atoms with Gasteiger partial charge in [0.05, 0.1) is 0 Å². The maximum Gasteiger partial charge on any atom is 0.224 e. The molecule has 2 rings (SSSR count). The molecule has 1 aliphatic heterocycles. The van der Waals surface area contributed by atoms with Crippen LogP contribution >= 0.6 is 0 Å². The Bertz CT molecular complexity index is 318. The maximum atomic E-state index is 12.2. The van der Waals surface area contributed by atoms with E-state index in [1.54, 1.807) is 0 Å². The fraction of sp³-hybridized carbons (Fsp3) is 0.933. The number of nitrogens with one attached hydrogen (secondary N) is 2. The van der Waals surface area contributed by atoms with Crippen molar-refractivity contribution in [2.75, 3.05) is 39.3 Å². The molecule has 0 radical (unpaired) electrons. The Labute approximate surface area is 117 Å². The lowest BCUT2D eigenvalue weighted by atomic mass is 10.0. The lowest BCUT2D eigenvalue weighted by molar-refractivity contribution is -0.123. The summed E-state index contributed by atoms with van der Waals surface area (Å²) in [7, 11) is 0. The molecule has 1 saturated heterocycles. The molecule has 2 N–H and O–H groups in total. The van der Waals surface area contributed by atoms with Crippen LogP contribution in [0.15, 0.2) is 0 Å². The van der Waals surface area contributed by atoms with Crippen molar-refractivity contribution >= 4 is 5.91 Å². The molecule has 0 spiro atoms. The van der Waals surface area contributed by atoms with Crippen LogP contribution in [0.4, 0.5) is 0 Å². The molecular weight excluding hydrogens is 238 g/mol. The van der Waals surface area contributed by atoms with E-state index in [4.69, 9.17) is 0 Å². The zero-order valence-electron chi connectivity index (χ0n) is 12.9. The summed E-state index contributed by atoms with van der Waals surface area (Å²) in [5, 5.41) is 6.47. The fourth-order valence-electron chi connectivity index (χ4n) is 3.40. The summed E-state index contributed by atoms with van der Waals surface area (Å²) in [6.07, 6.45) is 1.05. The third-order valence-electron chi connectivity index (χ3n) is 5.44. The number of carbonyl (C=O) groups is 1. The summed E-state index contributed by atoms with van der Waals surface area (Å²) < 4.78 is 0. The van der Waals surface area contributed by atoms with Crippen molar-refractivity contribution < 1.29 is 4.79 Å². The largest absolute Gasteiger partial charge is 0.356 e. The lowest BCUT2D eigenvalue weighted by Crippen LogP contribution is -2.44. The van der Waals surface area contributed by atoms with Gasteiger partial charge in [-0.05, 0) is 23.8 Å². The van der Waals surface area contributed by atoms with Crippen molar-refractivity contribution in [2.24, 2.45) is 16.7 Å². The summed E-state index contributed by atoms with van der Waals surface area (Å²) in [4.78, 5) is 14.6. The van der Waals surface area contributed by atoms with Gasteiger partial charge in [0.25, 0.3) is 0 Å². The van der Waals surface area contributed by atoms with Gasteiger partial charge in [0.2, 0.25) is 5.91 Å². The first-order valence-electron chi connectivity index (χ1n) is 7.58. The predicted molar refractivity (Wildman–Crippen MR) is 78.0 cm³/mol. The number of nitrogens with zero attached hydrogens (tertiary/aromatic N) is 1. The van der Waals surface area contributed by atoms with Gasteiger partial charge in [-0.2, -0.15) is 0 Å². The molecule has 1 amide bonds. The summed E-state index contributed by atoms with van der Waals surface area (Å²) in [5.74, 6) is 0.425. The molecule has 2 aliphatic rings. The first-order valence-corrected chi connectivity index (χ1v) is 7.58. The van der Waals surface area contributed by atoms with Gasteiger partial charge in [-0.15, -0.1) is 0 Å². The molecule has 1 saturated carbocycles. The number of hydrogen-bond donors (Lipinski definition) is 2. The lowest BCUT2D eigenvalue weighted by Gasteiger charge is -2.27. The smallest absolute Gasteiger partial charge is 0.224 e. The van der Waals surface area contributed by atoms with E-state index in [1.807, 2.05) is 0 Å². The van der Waals surface area contributed by atoms with Crippen LogP contribution in [0.1, 0.15) is 34.1 Å². The highest BCUT2D eigenvalue weighted by atomic mass is 16.2. The first kappa shape index (κ1) is 14.8. The van der Waals surface area contributed by atoms with Crippen LogP contribution in [0.3, 0.4) is 0 Å². The molecule has 4 heteroatoms. The molecule has 19 heavy (non-hydrogen) atoms. The van der Waals surface area contributed by atoms with Crippen LogP contribution in [0.5, 0.6) is 0 Å². The second kappa shape index (κ2) is 5.41. The topological polar surface area (TPSA) is 44.4 Å². The third kappa shape index (κ3) is 2.95. The molecule has 0 aromatic carbocycles. The SMILES string of the molecule is CC1(C)C(C(=O)NCCCN2CCNCC2)C1(C)C. The zero-order valence-corrected chi connectivity index (χ0v) is 12.9. The van der Waals surface area contributed by atoms with E-state index in [-0.39, 0.29) is 22.7 Å². The first-order chi connectivity index (χ1) is 8.87. The molecule has 0 bridgehead atoms. The van der Waals surface area contributed by atoms with E-state index in [1.165, 1.54) is 0 Å². The maximum absolute atomic E-state index is 12.2. The average molecular weight is 267 g/mol. The van der Waals surface area contributed by atoms with Crippen LogP contribution in [0.25, 0.3) is 0 Å². The van der Waals surface area contributed by atoms with Crippen LogP contribution in [-0.2, 0) is 4.79 Å². The second-order valence-electron chi connectivity index (χ2n) is 7.11. The van der Waals surface area contributed by atoms with Gasteiger partial charge >= 0.3 is 0 Å². The monoisotopic (exact) mass is 267 g/mol. The number of carbonyl (C=O) groups excluding carboxylic acids is 1. The Kier molecular flexibility index (Phi) is 4.21. The third-order valence-corrected chi connectivity index (χ3v) is 5.44. The van der Waals surface area contributed by atoms with E-state index >= 15 is 0 Å². The highest BCUT2D eigenvalue weighted by molar-refractivity contribution is 5.84. The minimum atomic E-state index is 0.148. The Morgan fingerprint density at radius 1 is 1.21 bits per heavy atom. The molecule has 110 valence electrons. The molecule has 0 atom stereocenters. The van der Waals surface area contributed by atoms with Crippen molar-refractivity contribution in [3.05, 3.63) is 0 Å². The van der Waals surface area contributed by atoms with Crippen LogP contribution < -0.4 is 10.6 Å². The zero-order chi connectivity index (χ0) is 14.1. The molecule has 0 unspecified atom stereocenters. The van der Waals surface area contributed by atoms with E-state index in [0.717, 1.165) is 45.7 Å². The Balaban J connectivity index is 1.62.